The molecule has 56 valence electrons. The molecule has 4 heteroatoms. The van der Waals surface area contributed by atoms with Crippen molar-refractivity contribution in [2.45, 2.75) is 5.03 Å². The Hall–Kier alpha value is -0.660. The van der Waals surface area contributed by atoms with Crippen molar-refractivity contribution in [2.24, 2.45) is 0 Å². The molecule has 0 N–H and O–H groups in total. The molecule has 0 unspecified atom stereocenters. The Morgan fingerprint density at radius 2 is 2.45 bits per heavy atom. The molecule has 0 fully saturated rings. The standard InChI is InChI=1S/C7H6N2S2/c1-10-11-7-6(5-8)3-2-4-9-7/h2-4H,1H3. The van der Waals surface area contributed by atoms with Gasteiger partial charge in [0.05, 0.1) is 5.56 Å². The molecule has 1 heterocycles. The van der Waals surface area contributed by atoms with E-state index in [2.05, 4.69) is 11.1 Å². The number of rotatable bonds is 2. The highest BCUT2D eigenvalue weighted by molar-refractivity contribution is 8.76. The highest BCUT2D eigenvalue weighted by atomic mass is 33.1. The van der Waals surface area contributed by atoms with Gasteiger partial charge in [0.15, 0.2) is 0 Å². The fraction of sp³-hybridized carbons (Fsp3) is 0.143. The zero-order valence-electron chi connectivity index (χ0n) is 5.94. The molecule has 0 atom stereocenters. The van der Waals surface area contributed by atoms with Gasteiger partial charge in [-0.15, -0.1) is 0 Å². The van der Waals surface area contributed by atoms with Crippen molar-refractivity contribution < 1.29 is 0 Å². The van der Waals surface area contributed by atoms with Crippen molar-refractivity contribution in [1.82, 2.24) is 4.98 Å². The SMILES string of the molecule is CSSc1ncccc1C#N. The summed E-state index contributed by atoms with van der Waals surface area (Å²) in [4.78, 5) is 4.06. The van der Waals surface area contributed by atoms with Crippen LogP contribution in [0.25, 0.3) is 0 Å². The number of pyridine rings is 1. The summed E-state index contributed by atoms with van der Waals surface area (Å²) in [5.41, 5.74) is 0.645. The molecule has 1 aromatic rings. The second-order valence-electron chi connectivity index (χ2n) is 1.72. The monoisotopic (exact) mass is 182 g/mol. The lowest BCUT2D eigenvalue weighted by atomic mass is 10.3. The smallest absolute Gasteiger partial charge is 0.124 e. The van der Waals surface area contributed by atoms with Crippen LogP contribution < -0.4 is 0 Å². The second-order valence-corrected chi connectivity index (χ2v) is 4.10. The normalized spacial score (nSPS) is 9.09. The Balaban J connectivity index is 2.95. The first-order valence-electron chi connectivity index (χ1n) is 2.94. The van der Waals surface area contributed by atoms with Gasteiger partial charge in [0.25, 0.3) is 0 Å². The van der Waals surface area contributed by atoms with Crippen LogP contribution in [-0.2, 0) is 0 Å². The minimum Gasteiger partial charge on any atom is -0.248 e. The summed E-state index contributed by atoms with van der Waals surface area (Å²) in [6.45, 7) is 0. The Bertz CT molecular complexity index is 280. The van der Waals surface area contributed by atoms with Crippen LogP contribution in [0.15, 0.2) is 23.4 Å². The van der Waals surface area contributed by atoms with E-state index in [9.17, 15) is 0 Å². The lowest BCUT2D eigenvalue weighted by Crippen LogP contribution is -1.81. The highest BCUT2D eigenvalue weighted by Crippen LogP contribution is 2.28. The van der Waals surface area contributed by atoms with E-state index in [-0.39, 0.29) is 0 Å². The third kappa shape index (κ3) is 2.14. The summed E-state index contributed by atoms with van der Waals surface area (Å²) in [6.07, 6.45) is 3.65. The zero-order chi connectivity index (χ0) is 8.10. The molecular weight excluding hydrogens is 176 g/mol. The fourth-order valence-corrected chi connectivity index (χ4v) is 1.96. The lowest BCUT2D eigenvalue weighted by Gasteiger charge is -1.96. The van der Waals surface area contributed by atoms with Crippen molar-refractivity contribution in [2.75, 3.05) is 6.26 Å². The molecule has 0 bridgehead atoms. The van der Waals surface area contributed by atoms with Gasteiger partial charge in [-0.1, -0.05) is 10.8 Å². The number of hydrogen-bond acceptors (Lipinski definition) is 4. The van der Waals surface area contributed by atoms with Gasteiger partial charge in [-0.2, -0.15) is 5.26 Å². The van der Waals surface area contributed by atoms with Crippen molar-refractivity contribution in [3.63, 3.8) is 0 Å². The van der Waals surface area contributed by atoms with Crippen LogP contribution in [0.1, 0.15) is 5.56 Å². The van der Waals surface area contributed by atoms with E-state index in [1.54, 1.807) is 29.1 Å². The third-order valence-corrected chi connectivity index (χ3v) is 2.68. The van der Waals surface area contributed by atoms with Crippen LogP contribution >= 0.6 is 21.6 Å². The van der Waals surface area contributed by atoms with Crippen molar-refractivity contribution >= 4 is 21.6 Å². The fourth-order valence-electron chi connectivity index (χ4n) is 0.621. The summed E-state index contributed by atoms with van der Waals surface area (Å²) in [7, 11) is 3.10. The van der Waals surface area contributed by atoms with E-state index in [0.29, 0.717) is 5.56 Å². The number of hydrogen-bond donors (Lipinski definition) is 0. The predicted octanol–water partition coefficient (Wildman–Crippen LogP) is 2.32. The van der Waals surface area contributed by atoms with Crippen LogP contribution in [-0.4, -0.2) is 11.2 Å². The van der Waals surface area contributed by atoms with E-state index in [1.165, 1.54) is 10.8 Å². The molecule has 0 aromatic carbocycles. The summed E-state index contributed by atoms with van der Waals surface area (Å²) in [6, 6.07) is 5.62. The van der Waals surface area contributed by atoms with Crippen LogP contribution in [0.2, 0.25) is 0 Å². The maximum atomic E-state index is 8.63. The molecule has 0 saturated heterocycles. The number of nitriles is 1. The van der Waals surface area contributed by atoms with E-state index >= 15 is 0 Å². The Morgan fingerprint density at radius 1 is 1.64 bits per heavy atom. The first-order chi connectivity index (χ1) is 5.38. The van der Waals surface area contributed by atoms with E-state index < -0.39 is 0 Å². The van der Waals surface area contributed by atoms with Gasteiger partial charge in [-0.3, -0.25) is 0 Å². The minimum atomic E-state index is 0.645. The molecule has 1 rings (SSSR count). The summed E-state index contributed by atoms with van der Waals surface area (Å²) in [5, 5.41) is 9.43. The molecule has 0 radical (unpaired) electrons. The van der Waals surface area contributed by atoms with Crippen molar-refractivity contribution in [3.05, 3.63) is 23.9 Å². The lowest BCUT2D eigenvalue weighted by molar-refractivity contribution is 1.12. The van der Waals surface area contributed by atoms with Gasteiger partial charge in [-0.05, 0) is 29.2 Å². The first kappa shape index (κ1) is 8.44. The number of nitrogens with zero attached hydrogens (tertiary/aromatic N) is 2. The molecule has 0 aliphatic heterocycles. The second kappa shape index (κ2) is 4.27. The summed E-state index contributed by atoms with van der Waals surface area (Å²) in [5.74, 6) is 0. The third-order valence-electron chi connectivity index (χ3n) is 1.05. The topological polar surface area (TPSA) is 36.7 Å². The van der Waals surface area contributed by atoms with E-state index in [1.807, 2.05) is 6.26 Å². The average molecular weight is 182 g/mol. The first-order valence-corrected chi connectivity index (χ1v) is 5.50. The molecule has 0 aliphatic rings. The molecule has 0 aliphatic carbocycles. The van der Waals surface area contributed by atoms with Crippen molar-refractivity contribution in [1.29, 1.82) is 5.26 Å². The molecule has 1 aromatic heterocycles. The Labute approximate surface area is 73.4 Å². The van der Waals surface area contributed by atoms with Crippen LogP contribution in [0.5, 0.6) is 0 Å². The zero-order valence-corrected chi connectivity index (χ0v) is 7.58. The molecule has 11 heavy (non-hydrogen) atoms. The molecule has 0 amide bonds. The molecule has 0 saturated carbocycles. The highest BCUT2D eigenvalue weighted by Gasteiger charge is 2.00. The largest absolute Gasteiger partial charge is 0.248 e. The molecular formula is C7H6N2S2. The van der Waals surface area contributed by atoms with Gasteiger partial charge in [-0.25, -0.2) is 4.98 Å². The van der Waals surface area contributed by atoms with Crippen LogP contribution in [0, 0.1) is 11.3 Å². The van der Waals surface area contributed by atoms with Gasteiger partial charge in [0.2, 0.25) is 0 Å². The van der Waals surface area contributed by atoms with E-state index in [0.717, 1.165) is 5.03 Å². The van der Waals surface area contributed by atoms with Crippen LogP contribution in [0.3, 0.4) is 0 Å². The van der Waals surface area contributed by atoms with E-state index in [4.69, 9.17) is 5.26 Å². The Morgan fingerprint density at radius 3 is 3.09 bits per heavy atom. The summed E-state index contributed by atoms with van der Waals surface area (Å²) < 4.78 is 0. The van der Waals surface area contributed by atoms with Crippen LogP contribution in [0.4, 0.5) is 0 Å². The predicted molar refractivity (Wildman–Crippen MR) is 48.3 cm³/mol. The van der Waals surface area contributed by atoms with Gasteiger partial charge in [0, 0.05) is 6.20 Å². The maximum absolute atomic E-state index is 8.63. The summed E-state index contributed by atoms with van der Waals surface area (Å²) >= 11 is 0. The minimum absolute atomic E-state index is 0.645. The average Bonchev–Trinajstić information content (AvgIpc) is 2.06. The Kier molecular flexibility index (Phi) is 3.27. The van der Waals surface area contributed by atoms with Gasteiger partial charge >= 0.3 is 0 Å². The maximum Gasteiger partial charge on any atom is 0.124 e. The van der Waals surface area contributed by atoms with Gasteiger partial charge in [0.1, 0.15) is 11.1 Å². The molecule has 0 spiro atoms. The molecule has 2 nitrogen and oxygen atoms in total. The van der Waals surface area contributed by atoms with Crippen molar-refractivity contribution in [3.8, 4) is 6.07 Å². The number of aromatic nitrogens is 1. The van der Waals surface area contributed by atoms with Gasteiger partial charge < -0.3 is 0 Å². The quantitative estimate of drug-likeness (QED) is 0.658.